The van der Waals surface area contributed by atoms with Gasteiger partial charge in [-0.2, -0.15) is 0 Å². The SMILES string of the molecule is Cc1ccc(C(=O)Nc2ccc3cc(Br)ccc3c2)cn1. The van der Waals surface area contributed by atoms with Gasteiger partial charge in [0.05, 0.1) is 5.56 Å². The van der Waals surface area contributed by atoms with E-state index in [2.05, 4.69) is 26.2 Å². The normalized spacial score (nSPS) is 10.6. The number of aryl methyl sites for hydroxylation is 1. The van der Waals surface area contributed by atoms with Gasteiger partial charge in [-0.3, -0.25) is 9.78 Å². The summed E-state index contributed by atoms with van der Waals surface area (Å²) in [5.41, 5.74) is 2.22. The van der Waals surface area contributed by atoms with Gasteiger partial charge in [-0.25, -0.2) is 0 Å². The van der Waals surface area contributed by atoms with E-state index < -0.39 is 0 Å². The van der Waals surface area contributed by atoms with E-state index in [1.807, 2.05) is 49.4 Å². The van der Waals surface area contributed by atoms with Gasteiger partial charge in [0.25, 0.3) is 5.91 Å². The lowest BCUT2D eigenvalue weighted by Crippen LogP contribution is -2.12. The van der Waals surface area contributed by atoms with Crippen molar-refractivity contribution in [2.24, 2.45) is 0 Å². The summed E-state index contributed by atoms with van der Waals surface area (Å²) in [5.74, 6) is -0.154. The number of pyridine rings is 1. The van der Waals surface area contributed by atoms with E-state index in [0.29, 0.717) is 5.56 Å². The molecular weight excluding hydrogens is 328 g/mol. The van der Waals surface area contributed by atoms with Gasteiger partial charge in [-0.05, 0) is 54.1 Å². The van der Waals surface area contributed by atoms with E-state index in [4.69, 9.17) is 0 Å². The fourth-order valence-electron chi connectivity index (χ4n) is 2.10. The number of halogens is 1. The Labute approximate surface area is 131 Å². The van der Waals surface area contributed by atoms with Crippen molar-refractivity contribution in [3.8, 4) is 0 Å². The molecule has 104 valence electrons. The Morgan fingerprint density at radius 2 is 1.81 bits per heavy atom. The Morgan fingerprint density at radius 3 is 2.57 bits per heavy atom. The van der Waals surface area contributed by atoms with Crippen molar-refractivity contribution >= 4 is 38.3 Å². The Balaban J connectivity index is 1.85. The van der Waals surface area contributed by atoms with Crippen molar-refractivity contribution in [1.82, 2.24) is 4.98 Å². The lowest BCUT2D eigenvalue weighted by atomic mass is 10.1. The molecule has 0 spiro atoms. The van der Waals surface area contributed by atoms with Gasteiger partial charge in [0.15, 0.2) is 0 Å². The van der Waals surface area contributed by atoms with Crippen molar-refractivity contribution in [3.63, 3.8) is 0 Å². The summed E-state index contributed by atoms with van der Waals surface area (Å²) in [4.78, 5) is 16.3. The molecule has 0 radical (unpaired) electrons. The minimum Gasteiger partial charge on any atom is -0.322 e. The fraction of sp³-hybridized carbons (Fsp3) is 0.0588. The zero-order chi connectivity index (χ0) is 14.8. The number of benzene rings is 2. The van der Waals surface area contributed by atoms with Crippen LogP contribution in [0, 0.1) is 6.92 Å². The number of amides is 1. The molecule has 0 aliphatic heterocycles. The first-order chi connectivity index (χ1) is 10.1. The van der Waals surface area contributed by atoms with Crippen LogP contribution in [0.2, 0.25) is 0 Å². The van der Waals surface area contributed by atoms with Crippen LogP contribution in [-0.4, -0.2) is 10.9 Å². The van der Waals surface area contributed by atoms with Crippen LogP contribution < -0.4 is 5.32 Å². The van der Waals surface area contributed by atoms with Crippen LogP contribution in [0.25, 0.3) is 10.8 Å². The summed E-state index contributed by atoms with van der Waals surface area (Å²) < 4.78 is 1.04. The number of carbonyl (C=O) groups is 1. The maximum atomic E-state index is 12.2. The number of nitrogens with one attached hydrogen (secondary N) is 1. The number of hydrogen-bond donors (Lipinski definition) is 1. The topological polar surface area (TPSA) is 42.0 Å². The lowest BCUT2D eigenvalue weighted by Gasteiger charge is -2.07. The van der Waals surface area contributed by atoms with Crippen LogP contribution in [0.4, 0.5) is 5.69 Å². The molecule has 0 saturated heterocycles. The van der Waals surface area contributed by atoms with E-state index in [9.17, 15) is 4.79 Å². The summed E-state index contributed by atoms with van der Waals surface area (Å²) in [6.45, 7) is 1.89. The maximum absolute atomic E-state index is 12.2. The first-order valence-electron chi connectivity index (χ1n) is 6.55. The molecule has 1 aromatic heterocycles. The van der Waals surface area contributed by atoms with Crippen LogP contribution in [0.5, 0.6) is 0 Å². The molecule has 0 fully saturated rings. The third-order valence-corrected chi connectivity index (χ3v) is 3.73. The summed E-state index contributed by atoms with van der Waals surface area (Å²) in [5, 5.41) is 5.10. The van der Waals surface area contributed by atoms with E-state index in [1.165, 1.54) is 0 Å². The highest BCUT2D eigenvalue weighted by Crippen LogP contribution is 2.23. The number of rotatable bonds is 2. The monoisotopic (exact) mass is 340 g/mol. The van der Waals surface area contributed by atoms with Crippen molar-refractivity contribution in [2.45, 2.75) is 6.92 Å². The van der Waals surface area contributed by atoms with Gasteiger partial charge < -0.3 is 5.32 Å². The molecule has 3 aromatic rings. The number of aromatic nitrogens is 1. The predicted molar refractivity (Wildman–Crippen MR) is 88.6 cm³/mol. The first-order valence-corrected chi connectivity index (χ1v) is 7.34. The van der Waals surface area contributed by atoms with E-state index in [1.54, 1.807) is 12.3 Å². The molecule has 0 bridgehead atoms. The molecule has 21 heavy (non-hydrogen) atoms. The lowest BCUT2D eigenvalue weighted by molar-refractivity contribution is 0.102. The second-order valence-electron chi connectivity index (χ2n) is 4.85. The van der Waals surface area contributed by atoms with E-state index in [0.717, 1.165) is 26.6 Å². The van der Waals surface area contributed by atoms with Crippen molar-refractivity contribution in [1.29, 1.82) is 0 Å². The number of anilines is 1. The van der Waals surface area contributed by atoms with Crippen LogP contribution in [0.3, 0.4) is 0 Å². The fourth-order valence-corrected chi connectivity index (χ4v) is 2.48. The minimum absolute atomic E-state index is 0.154. The average Bonchev–Trinajstić information content (AvgIpc) is 2.48. The second-order valence-corrected chi connectivity index (χ2v) is 5.76. The summed E-state index contributed by atoms with van der Waals surface area (Å²) >= 11 is 3.45. The molecule has 1 N–H and O–H groups in total. The third-order valence-electron chi connectivity index (χ3n) is 3.23. The minimum atomic E-state index is -0.154. The number of nitrogens with zero attached hydrogens (tertiary/aromatic N) is 1. The largest absolute Gasteiger partial charge is 0.322 e. The highest BCUT2D eigenvalue weighted by molar-refractivity contribution is 9.10. The molecule has 0 unspecified atom stereocenters. The number of hydrogen-bond acceptors (Lipinski definition) is 2. The van der Waals surface area contributed by atoms with Gasteiger partial charge in [0.1, 0.15) is 0 Å². The molecule has 0 saturated carbocycles. The molecule has 4 heteroatoms. The van der Waals surface area contributed by atoms with Crippen LogP contribution in [0.15, 0.2) is 59.2 Å². The van der Waals surface area contributed by atoms with E-state index >= 15 is 0 Å². The zero-order valence-corrected chi connectivity index (χ0v) is 13.0. The maximum Gasteiger partial charge on any atom is 0.257 e. The molecule has 1 heterocycles. The molecule has 0 aliphatic carbocycles. The van der Waals surface area contributed by atoms with Crippen molar-refractivity contribution in [2.75, 3.05) is 5.32 Å². The van der Waals surface area contributed by atoms with Gasteiger partial charge >= 0.3 is 0 Å². The molecular formula is C17H13BrN2O. The number of fused-ring (bicyclic) bond motifs is 1. The van der Waals surface area contributed by atoms with Crippen LogP contribution >= 0.6 is 15.9 Å². The predicted octanol–water partition coefficient (Wildman–Crippen LogP) is 4.56. The average molecular weight is 341 g/mol. The Morgan fingerprint density at radius 1 is 1.05 bits per heavy atom. The Kier molecular flexibility index (Phi) is 3.71. The summed E-state index contributed by atoms with van der Waals surface area (Å²) in [6.07, 6.45) is 1.59. The van der Waals surface area contributed by atoms with Crippen LogP contribution in [-0.2, 0) is 0 Å². The van der Waals surface area contributed by atoms with Gasteiger partial charge in [0.2, 0.25) is 0 Å². The van der Waals surface area contributed by atoms with E-state index in [-0.39, 0.29) is 5.91 Å². The molecule has 1 amide bonds. The highest BCUT2D eigenvalue weighted by Gasteiger charge is 2.06. The smallest absolute Gasteiger partial charge is 0.257 e. The van der Waals surface area contributed by atoms with Gasteiger partial charge in [-0.15, -0.1) is 0 Å². The van der Waals surface area contributed by atoms with Crippen molar-refractivity contribution < 1.29 is 4.79 Å². The zero-order valence-electron chi connectivity index (χ0n) is 11.4. The molecule has 3 nitrogen and oxygen atoms in total. The van der Waals surface area contributed by atoms with Gasteiger partial charge in [0, 0.05) is 22.1 Å². The number of carbonyl (C=O) groups excluding carboxylic acids is 1. The molecule has 2 aromatic carbocycles. The summed E-state index contributed by atoms with van der Waals surface area (Å²) in [7, 11) is 0. The Bertz CT molecular complexity index is 813. The highest BCUT2D eigenvalue weighted by atomic mass is 79.9. The standard InChI is InChI=1S/C17H13BrN2O/c1-11-2-3-14(10-19-11)17(21)20-16-7-5-12-8-15(18)6-4-13(12)9-16/h2-10H,1H3,(H,20,21). The van der Waals surface area contributed by atoms with Gasteiger partial charge in [-0.1, -0.05) is 28.1 Å². The summed E-state index contributed by atoms with van der Waals surface area (Å²) in [6, 6.07) is 15.5. The second kappa shape index (κ2) is 5.66. The van der Waals surface area contributed by atoms with Crippen molar-refractivity contribution in [3.05, 3.63) is 70.5 Å². The Hall–Kier alpha value is -2.20. The molecule has 0 atom stereocenters. The quantitative estimate of drug-likeness (QED) is 0.743. The molecule has 3 rings (SSSR count). The van der Waals surface area contributed by atoms with Crippen LogP contribution in [0.1, 0.15) is 16.1 Å². The third kappa shape index (κ3) is 3.11. The molecule has 0 aliphatic rings. The first kappa shape index (κ1) is 13.8.